The predicted molar refractivity (Wildman–Crippen MR) is 99.0 cm³/mol. The second-order valence-electron chi connectivity index (χ2n) is 5.97. The fourth-order valence-electron chi connectivity index (χ4n) is 2.79. The summed E-state index contributed by atoms with van der Waals surface area (Å²) in [6.45, 7) is 2.63. The smallest absolute Gasteiger partial charge is 0.231 e. The van der Waals surface area contributed by atoms with Crippen LogP contribution >= 0.6 is 0 Å². The Morgan fingerprint density at radius 1 is 0.792 bits per heavy atom. The maximum Gasteiger partial charge on any atom is 0.231 e. The van der Waals surface area contributed by atoms with Gasteiger partial charge in [0.05, 0.1) is 13.0 Å². The van der Waals surface area contributed by atoms with Crippen LogP contribution in [-0.4, -0.2) is 5.91 Å². The van der Waals surface area contributed by atoms with Crippen molar-refractivity contribution in [3.8, 4) is 0 Å². The molecular formula is C22H21NO. The van der Waals surface area contributed by atoms with E-state index in [-0.39, 0.29) is 5.91 Å². The zero-order valence-electron chi connectivity index (χ0n) is 13.9. The summed E-state index contributed by atoms with van der Waals surface area (Å²) in [6.07, 6.45) is 0.406. The van der Waals surface area contributed by atoms with Gasteiger partial charge in [-0.3, -0.25) is 4.79 Å². The number of rotatable bonds is 5. The largest absolute Gasteiger partial charge is 0.308 e. The number of nitrogens with zero attached hydrogens (tertiary/aromatic N) is 1. The first-order valence-electron chi connectivity index (χ1n) is 8.17. The summed E-state index contributed by atoms with van der Waals surface area (Å²) in [5.41, 5.74) is 4.28. The fourth-order valence-corrected chi connectivity index (χ4v) is 2.79. The van der Waals surface area contributed by atoms with E-state index in [1.807, 2.05) is 78.6 Å². The number of aryl methyl sites for hydroxylation is 1. The average Bonchev–Trinajstić information content (AvgIpc) is 2.61. The third-order valence-corrected chi connectivity index (χ3v) is 3.99. The molecule has 0 bridgehead atoms. The molecule has 3 rings (SSSR count). The summed E-state index contributed by atoms with van der Waals surface area (Å²) >= 11 is 0. The highest BCUT2D eigenvalue weighted by Gasteiger charge is 2.16. The molecule has 0 aliphatic rings. The van der Waals surface area contributed by atoms with E-state index in [0.29, 0.717) is 13.0 Å². The predicted octanol–water partition coefficient (Wildman–Crippen LogP) is 4.77. The molecule has 24 heavy (non-hydrogen) atoms. The Hall–Kier alpha value is -2.87. The SMILES string of the molecule is Cc1cccc(CC(=O)N(Cc2ccccc2)c2ccccc2)c1. The zero-order valence-corrected chi connectivity index (χ0v) is 13.9. The molecule has 0 aromatic heterocycles. The van der Waals surface area contributed by atoms with Gasteiger partial charge in [-0.05, 0) is 30.2 Å². The van der Waals surface area contributed by atoms with Crippen molar-refractivity contribution in [3.63, 3.8) is 0 Å². The molecule has 0 radical (unpaired) electrons. The fraction of sp³-hybridized carbons (Fsp3) is 0.136. The molecule has 0 heterocycles. The van der Waals surface area contributed by atoms with Crippen LogP contribution < -0.4 is 4.90 Å². The number of carbonyl (C=O) groups is 1. The Kier molecular flexibility index (Phi) is 5.07. The van der Waals surface area contributed by atoms with Gasteiger partial charge in [0.2, 0.25) is 5.91 Å². The van der Waals surface area contributed by atoms with Crippen molar-refractivity contribution >= 4 is 11.6 Å². The molecule has 0 atom stereocenters. The van der Waals surface area contributed by atoms with Crippen molar-refractivity contribution in [2.75, 3.05) is 4.90 Å². The number of carbonyl (C=O) groups excluding carboxylic acids is 1. The molecule has 3 aromatic carbocycles. The Morgan fingerprint density at radius 2 is 1.42 bits per heavy atom. The van der Waals surface area contributed by atoms with Gasteiger partial charge in [-0.1, -0.05) is 78.4 Å². The zero-order chi connectivity index (χ0) is 16.8. The lowest BCUT2D eigenvalue weighted by Gasteiger charge is -2.23. The van der Waals surface area contributed by atoms with Crippen LogP contribution in [0.4, 0.5) is 5.69 Å². The van der Waals surface area contributed by atoms with Crippen molar-refractivity contribution in [2.45, 2.75) is 19.9 Å². The van der Waals surface area contributed by atoms with Gasteiger partial charge in [-0.15, -0.1) is 0 Å². The molecule has 0 spiro atoms. The van der Waals surface area contributed by atoms with Gasteiger partial charge in [0.15, 0.2) is 0 Å². The Balaban J connectivity index is 1.85. The first kappa shape index (κ1) is 16.0. The molecule has 3 aromatic rings. The summed E-state index contributed by atoms with van der Waals surface area (Å²) in [5, 5.41) is 0. The highest BCUT2D eigenvalue weighted by Crippen LogP contribution is 2.19. The van der Waals surface area contributed by atoms with E-state index in [2.05, 4.69) is 18.2 Å². The second kappa shape index (κ2) is 7.60. The molecule has 0 saturated heterocycles. The Morgan fingerprint density at radius 3 is 2.08 bits per heavy atom. The van der Waals surface area contributed by atoms with Crippen molar-refractivity contribution in [1.29, 1.82) is 0 Å². The topological polar surface area (TPSA) is 20.3 Å². The third-order valence-electron chi connectivity index (χ3n) is 3.99. The minimum absolute atomic E-state index is 0.107. The van der Waals surface area contributed by atoms with Crippen molar-refractivity contribution in [1.82, 2.24) is 0 Å². The van der Waals surface area contributed by atoms with Crippen LogP contribution in [0.5, 0.6) is 0 Å². The normalized spacial score (nSPS) is 10.4. The van der Waals surface area contributed by atoms with E-state index in [0.717, 1.165) is 16.8 Å². The summed E-state index contributed by atoms with van der Waals surface area (Å²) in [4.78, 5) is 14.8. The molecular weight excluding hydrogens is 294 g/mol. The standard InChI is InChI=1S/C22H21NO/c1-18-9-8-12-20(15-18)16-22(24)23(21-13-6-3-7-14-21)17-19-10-4-2-5-11-19/h2-15H,16-17H2,1H3. The second-order valence-corrected chi connectivity index (χ2v) is 5.97. The van der Waals surface area contributed by atoms with Crippen LogP contribution in [0.2, 0.25) is 0 Å². The van der Waals surface area contributed by atoms with Crippen molar-refractivity contribution in [3.05, 3.63) is 102 Å². The average molecular weight is 315 g/mol. The Bertz CT molecular complexity index is 796. The molecule has 120 valence electrons. The molecule has 0 aliphatic heterocycles. The molecule has 2 heteroatoms. The minimum atomic E-state index is 0.107. The number of hydrogen-bond donors (Lipinski definition) is 0. The summed E-state index contributed by atoms with van der Waals surface area (Å²) in [6, 6.07) is 28.1. The first-order valence-corrected chi connectivity index (χ1v) is 8.17. The lowest BCUT2D eigenvalue weighted by Crippen LogP contribution is -2.31. The molecule has 0 unspecified atom stereocenters. The van der Waals surface area contributed by atoms with Crippen LogP contribution in [0.1, 0.15) is 16.7 Å². The summed E-state index contributed by atoms with van der Waals surface area (Å²) in [5.74, 6) is 0.107. The molecule has 0 fully saturated rings. The van der Waals surface area contributed by atoms with E-state index in [9.17, 15) is 4.79 Å². The number of benzene rings is 3. The monoisotopic (exact) mass is 315 g/mol. The van der Waals surface area contributed by atoms with Gasteiger partial charge in [-0.25, -0.2) is 0 Å². The lowest BCUT2D eigenvalue weighted by molar-refractivity contribution is -0.118. The highest BCUT2D eigenvalue weighted by atomic mass is 16.2. The lowest BCUT2D eigenvalue weighted by atomic mass is 10.1. The molecule has 1 amide bonds. The number of para-hydroxylation sites is 1. The van der Waals surface area contributed by atoms with E-state index >= 15 is 0 Å². The number of amides is 1. The summed E-state index contributed by atoms with van der Waals surface area (Å²) in [7, 11) is 0. The molecule has 0 saturated carbocycles. The Labute approximate surface area is 143 Å². The number of hydrogen-bond acceptors (Lipinski definition) is 1. The summed E-state index contributed by atoms with van der Waals surface area (Å²) < 4.78 is 0. The van der Waals surface area contributed by atoms with Crippen LogP contribution in [0.15, 0.2) is 84.9 Å². The van der Waals surface area contributed by atoms with Crippen molar-refractivity contribution < 1.29 is 4.79 Å². The van der Waals surface area contributed by atoms with E-state index in [4.69, 9.17) is 0 Å². The minimum Gasteiger partial charge on any atom is -0.308 e. The first-order chi connectivity index (χ1) is 11.7. The number of anilines is 1. The van der Waals surface area contributed by atoms with Gasteiger partial charge in [0, 0.05) is 5.69 Å². The van der Waals surface area contributed by atoms with Gasteiger partial charge >= 0.3 is 0 Å². The van der Waals surface area contributed by atoms with Crippen LogP contribution in [0.25, 0.3) is 0 Å². The van der Waals surface area contributed by atoms with Crippen LogP contribution in [0, 0.1) is 6.92 Å². The van der Waals surface area contributed by atoms with Gasteiger partial charge in [0.25, 0.3) is 0 Å². The van der Waals surface area contributed by atoms with Crippen molar-refractivity contribution in [2.24, 2.45) is 0 Å². The van der Waals surface area contributed by atoms with Gasteiger partial charge < -0.3 is 4.90 Å². The molecule has 0 aliphatic carbocycles. The van der Waals surface area contributed by atoms with Crippen LogP contribution in [-0.2, 0) is 17.8 Å². The highest BCUT2D eigenvalue weighted by molar-refractivity contribution is 5.94. The quantitative estimate of drug-likeness (QED) is 0.664. The third kappa shape index (κ3) is 4.11. The van der Waals surface area contributed by atoms with Gasteiger partial charge in [-0.2, -0.15) is 0 Å². The van der Waals surface area contributed by atoms with E-state index in [1.165, 1.54) is 5.56 Å². The maximum absolute atomic E-state index is 13.0. The van der Waals surface area contributed by atoms with E-state index in [1.54, 1.807) is 0 Å². The molecule has 2 nitrogen and oxygen atoms in total. The van der Waals surface area contributed by atoms with E-state index < -0.39 is 0 Å². The molecule has 0 N–H and O–H groups in total. The maximum atomic E-state index is 13.0. The van der Waals surface area contributed by atoms with Crippen LogP contribution in [0.3, 0.4) is 0 Å². The van der Waals surface area contributed by atoms with Gasteiger partial charge in [0.1, 0.15) is 0 Å².